The van der Waals surface area contributed by atoms with Gasteiger partial charge < -0.3 is 4.74 Å². The molecule has 0 heterocycles. The fraction of sp³-hybridized carbons (Fsp3) is 0.533. The van der Waals surface area contributed by atoms with Crippen LogP contribution in [0.2, 0.25) is 0 Å². The Balaban J connectivity index is 2.40. The van der Waals surface area contributed by atoms with E-state index in [0.717, 1.165) is 24.0 Å². The molecule has 1 aromatic carbocycles. The first-order chi connectivity index (χ1) is 8.47. The van der Waals surface area contributed by atoms with Crippen molar-refractivity contribution in [3.63, 3.8) is 0 Å². The highest BCUT2D eigenvalue weighted by molar-refractivity contribution is 5.82. The molecule has 0 spiro atoms. The number of hydrogen-bond donors (Lipinski definition) is 1. The molecule has 0 aliphatic heterocycles. The van der Waals surface area contributed by atoms with Crippen molar-refractivity contribution < 1.29 is 9.53 Å². The summed E-state index contributed by atoms with van der Waals surface area (Å²) in [6, 6.07) is 6.61. The summed E-state index contributed by atoms with van der Waals surface area (Å²) in [7, 11) is 1.44. The standard InChI is InChI=1S/C15H21NO2/c1-10-5-8-13(11(2)9-10)15(3,14(17)18-4)16-12-6-7-12/h5,8-9,12,16H,6-7H2,1-4H3. The van der Waals surface area contributed by atoms with Crippen LogP contribution in [0.1, 0.15) is 36.5 Å². The van der Waals surface area contributed by atoms with Gasteiger partial charge in [-0.3, -0.25) is 5.32 Å². The smallest absolute Gasteiger partial charge is 0.330 e. The molecule has 1 aromatic rings. The number of carbonyl (C=O) groups excluding carboxylic acids is 1. The van der Waals surface area contributed by atoms with Crippen LogP contribution < -0.4 is 5.32 Å². The molecular formula is C15H21NO2. The maximum absolute atomic E-state index is 12.1. The Kier molecular flexibility index (Phi) is 3.44. The first kappa shape index (κ1) is 13.1. The molecule has 0 radical (unpaired) electrons. The van der Waals surface area contributed by atoms with Crippen molar-refractivity contribution in [2.45, 2.75) is 45.2 Å². The highest BCUT2D eigenvalue weighted by Gasteiger charge is 2.41. The molecule has 1 saturated carbocycles. The van der Waals surface area contributed by atoms with Gasteiger partial charge in [0.2, 0.25) is 0 Å². The monoisotopic (exact) mass is 247 g/mol. The third-order valence-electron chi connectivity index (χ3n) is 3.58. The van der Waals surface area contributed by atoms with Crippen molar-refractivity contribution in [1.29, 1.82) is 0 Å². The number of rotatable bonds is 4. The minimum Gasteiger partial charge on any atom is -0.467 e. The Morgan fingerprint density at radius 3 is 2.56 bits per heavy atom. The molecule has 0 saturated heterocycles. The highest BCUT2D eigenvalue weighted by atomic mass is 16.5. The first-order valence-corrected chi connectivity index (χ1v) is 6.41. The van der Waals surface area contributed by atoms with Crippen LogP contribution in [0.5, 0.6) is 0 Å². The van der Waals surface area contributed by atoms with Crippen LogP contribution in [0.4, 0.5) is 0 Å². The summed E-state index contributed by atoms with van der Waals surface area (Å²) in [4.78, 5) is 12.1. The summed E-state index contributed by atoms with van der Waals surface area (Å²) in [5, 5.41) is 3.42. The van der Waals surface area contributed by atoms with E-state index in [2.05, 4.69) is 18.3 Å². The lowest BCUT2D eigenvalue weighted by Gasteiger charge is -2.30. The van der Waals surface area contributed by atoms with E-state index in [0.29, 0.717) is 6.04 Å². The van der Waals surface area contributed by atoms with E-state index < -0.39 is 5.54 Å². The van der Waals surface area contributed by atoms with Crippen LogP contribution in [0.25, 0.3) is 0 Å². The number of hydrogen-bond acceptors (Lipinski definition) is 3. The molecule has 0 amide bonds. The van der Waals surface area contributed by atoms with Gasteiger partial charge >= 0.3 is 5.97 Å². The van der Waals surface area contributed by atoms with Gasteiger partial charge in [-0.2, -0.15) is 0 Å². The topological polar surface area (TPSA) is 38.3 Å². The van der Waals surface area contributed by atoms with Crippen LogP contribution >= 0.6 is 0 Å². The minimum absolute atomic E-state index is 0.221. The third-order valence-corrected chi connectivity index (χ3v) is 3.58. The van der Waals surface area contributed by atoms with Gasteiger partial charge in [-0.15, -0.1) is 0 Å². The van der Waals surface area contributed by atoms with Crippen LogP contribution in [0.15, 0.2) is 18.2 Å². The van der Waals surface area contributed by atoms with Crippen LogP contribution in [0.3, 0.4) is 0 Å². The van der Waals surface area contributed by atoms with Gasteiger partial charge in [0, 0.05) is 6.04 Å². The van der Waals surface area contributed by atoms with E-state index in [1.165, 1.54) is 12.7 Å². The van der Waals surface area contributed by atoms with E-state index in [4.69, 9.17) is 4.74 Å². The van der Waals surface area contributed by atoms with Gasteiger partial charge in [0.25, 0.3) is 0 Å². The van der Waals surface area contributed by atoms with Crippen molar-refractivity contribution in [3.05, 3.63) is 34.9 Å². The minimum atomic E-state index is -0.742. The number of ether oxygens (including phenoxy) is 1. The molecule has 1 unspecified atom stereocenters. The second-order valence-corrected chi connectivity index (χ2v) is 5.35. The van der Waals surface area contributed by atoms with Gasteiger partial charge in [-0.05, 0) is 44.7 Å². The largest absolute Gasteiger partial charge is 0.467 e. The fourth-order valence-electron chi connectivity index (χ4n) is 2.46. The summed E-state index contributed by atoms with van der Waals surface area (Å²) in [5.74, 6) is -0.221. The average molecular weight is 247 g/mol. The van der Waals surface area contributed by atoms with E-state index in [1.54, 1.807) is 0 Å². The van der Waals surface area contributed by atoms with Crippen molar-refractivity contribution >= 4 is 5.97 Å². The normalized spacial score (nSPS) is 18.2. The third kappa shape index (κ3) is 2.41. The summed E-state index contributed by atoms with van der Waals surface area (Å²) in [6.45, 7) is 6.01. The molecule has 18 heavy (non-hydrogen) atoms. The molecule has 1 N–H and O–H groups in total. The van der Waals surface area contributed by atoms with Gasteiger partial charge in [-0.25, -0.2) is 4.79 Å². The first-order valence-electron chi connectivity index (χ1n) is 6.41. The predicted molar refractivity (Wildman–Crippen MR) is 71.4 cm³/mol. The molecule has 1 aliphatic carbocycles. The lowest BCUT2D eigenvalue weighted by Crippen LogP contribution is -2.48. The maximum atomic E-state index is 12.1. The summed E-state index contributed by atoms with van der Waals surface area (Å²) in [6.07, 6.45) is 2.27. The van der Waals surface area contributed by atoms with E-state index in [1.807, 2.05) is 26.0 Å². The maximum Gasteiger partial charge on any atom is 0.330 e. The van der Waals surface area contributed by atoms with E-state index in [9.17, 15) is 4.79 Å². The van der Waals surface area contributed by atoms with E-state index >= 15 is 0 Å². The number of nitrogens with one attached hydrogen (secondary N) is 1. The van der Waals surface area contributed by atoms with Crippen molar-refractivity contribution in [3.8, 4) is 0 Å². The predicted octanol–water partition coefficient (Wildman–Crippen LogP) is 2.44. The average Bonchev–Trinajstić information content (AvgIpc) is 3.11. The van der Waals surface area contributed by atoms with Crippen molar-refractivity contribution in [1.82, 2.24) is 5.32 Å². The zero-order valence-corrected chi connectivity index (χ0v) is 11.5. The Hall–Kier alpha value is -1.35. The molecule has 1 aliphatic rings. The zero-order chi connectivity index (χ0) is 13.3. The molecule has 1 fully saturated rings. The summed E-state index contributed by atoms with van der Waals surface area (Å²) < 4.78 is 4.98. The Labute approximate surface area is 109 Å². The van der Waals surface area contributed by atoms with E-state index in [-0.39, 0.29) is 5.97 Å². The second-order valence-electron chi connectivity index (χ2n) is 5.35. The molecule has 1 atom stereocenters. The summed E-state index contributed by atoms with van der Waals surface area (Å²) >= 11 is 0. The quantitative estimate of drug-likeness (QED) is 0.831. The number of carbonyl (C=O) groups is 1. The number of esters is 1. The molecule has 98 valence electrons. The second kappa shape index (κ2) is 4.73. The molecular weight excluding hydrogens is 226 g/mol. The SMILES string of the molecule is COC(=O)C(C)(NC1CC1)c1ccc(C)cc1C. The number of methoxy groups -OCH3 is 1. The van der Waals surface area contributed by atoms with Gasteiger partial charge in [-0.1, -0.05) is 23.8 Å². The molecule has 0 aromatic heterocycles. The van der Waals surface area contributed by atoms with Crippen molar-refractivity contribution in [2.75, 3.05) is 7.11 Å². The molecule has 0 bridgehead atoms. The Morgan fingerprint density at radius 2 is 2.06 bits per heavy atom. The lowest BCUT2D eigenvalue weighted by atomic mass is 9.87. The Morgan fingerprint density at radius 1 is 1.39 bits per heavy atom. The fourth-order valence-corrected chi connectivity index (χ4v) is 2.46. The zero-order valence-electron chi connectivity index (χ0n) is 11.5. The number of aryl methyl sites for hydroxylation is 2. The molecule has 3 nitrogen and oxygen atoms in total. The number of benzene rings is 1. The highest BCUT2D eigenvalue weighted by Crippen LogP contribution is 2.31. The Bertz CT molecular complexity index is 466. The van der Waals surface area contributed by atoms with Gasteiger partial charge in [0.15, 0.2) is 0 Å². The molecule has 2 rings (SSSR count). The summed E-state index contributed by atoms with van der Waals surface area (Å²) in [5.41, 5.74) is 2.59. The van der Waals surface area contributed by atoms with Gasteiger partial charge in [0.1, 0.15) is 5.54 Å². The van der Waals surface area contributed by atoms with Crippen LogP contribution in [0, 0.1) is 13.8 Å². The lowest BCUT2D eigenvalue weighted by molar-refractivity contribution is -0.148. The van der Waals surface area contributed by atoms with Crippen molar-refractivity contribution in [2.24, 2.45) is 0 Å². The van der Waals surface area contributed by atoms with Gasteiger partial charge in [0.05, 0.1) is 7.11 Å². The molecule has 3 heteroatoms. The van der Waals surface area contributed by atoms with Crippen LogP contribution in [-0.4, -0.2) is 19.1 Å². The van der Waals surface area contributed by atoms with Crippen LogP contribution in [-0.2, 0) is 15.1 Å².